The molecular weight excluding hydrogens is 302 g/mol. The molecule has 0 saturated carbocycles. The number of allylic oxidation sites excluding steroid dienone is 2. The van der Waals surface area contributed by atoms with E-state index in [9.17, 15) is 13.2 Å². The summed E-state index contributed by atoms with van der Waals surface area (Å²) in [6.07, 6.45) is 4.97. The van der Waals surface area contributed by atoms with Crippen molar-refractivity contribution in [3.05, 3.63) is 41.6 Å². The quantitative estimate of drug-likeness (QED) is 0.690. The molecule has 0 aliphatic heterocycles. The highest BCUT2D eigenvalue weighted by Crippen LogP contribution is 2.13. The van der Waals surface area contributed by atoms with Crippen LogP contribution in [0.2, 0.25) is 0 Å². The van der Waals surface area contributed by atoms with Gasteiger partial charge >= 0.3 is 0 Å². The van der Waals surface area contributed by atoms with Crippen LogP contribution in [0.1, 0.15) is 31.7 Å². The highest BCUT2D eigenvalue weighted by Gasteiger charge is 2.22. The summed E-state index contributed by atoms with van der Waals surface area (Å²) in [7, 11) is -3.71. The molecule has 0 aromatic heterocycles. The molecule has 7 heteroatoms. The van der Waals surface area contributed by atoms with E-state index in [0.29, 0.717) is 0 Å². The molecule has 0 bridgehead atoms. The Bertz CT molecular complexity index is 666. The van der Waals surface area contributed by atoms with Crippen molar-refractivity contribution in [2.75, 3.05) is 0 Å². The van der Waals surface area contributed by atoms with Gasteiger partial charge in [-0.2, -0.15) is 4.72 Å². The summed E-state index contributed by atoms with van der Waals surface area (Å²) < 4.78 is 26.8. The van der Waals surface area contributed by atoms with E-state index in [0.717, 1.165) is 30.5 Å². The van der Waals surface area contributed by atoms with Gasteiger partial charge in [-0.25, -0.2) is 8.42 Å². The molecule has 1 amide bonds. The second kappa shape index (κ2) is 6.93. The fraction of sp³-hybridized carbons (Fsp3) is 0.400. The third kappa shape index (κ3) is 4.32. The van der Waals surface area contributed by atoms with Crippen molar-refractivity contribution in [3.8, 4) is 0 Å². The van der Waals surface area contributed by atoms with Crippen molar-refractivity contribution < 1.29 is 13.2 Å². The molecule has 0 fully saturated rings. The van der Waals surface area contributed by atoms with E-state index in [-0.39, 0.29) is 4.90 Å². The molecule has 1 aliphatic rings. The van der Waals surface area contributed by atoms with Gasteiger partial charge in [-0.05, 0) is 45.2 Å². The second-order valence-corrected chi connectivity index (χ2v) is 7.11. The van der Waals surface area contributed by atoms with Gasteiger partial charge in [-0.3, -0.25) is 10.2 Å². The van der Waals surface area contributed by atoms with Gasteiger partial charge in [0.15, 0.2) is 0 Å². The van der Waals surface area contributed by atoms with E-state index in [4.69, 9.17) is 0 Å². The Morgan fingerprint density at radius 3 is 2.50 bits per heavy atom. The smallest absolute Gasteiger partial charge is 0.256 e. The van der Waals surface area contributed by atoms with Crippen molar-refractivity contribution in [3.63, 3.8) is 0 Å². The minimum atomic E-state index is -3.71. The van der Waals surface area contributed by atoms with Gasteiger partial charge < -0.3 is 5.43 Å². The van der Waals surface area contributed by atoms with Gasteiger partial charge in [-0.1, -0.05) is 23.8 Å². The number of hydrazine groups is 1. The average Bonchev–Trinajstić information content (AvgIpc) is 2.98. The maximum Gasteiger partial charge on any atom is 0.256 e. The van der Waals surface area contributed by atoms with Crippen LogP contribution in [-0.2, 0) is 14.8 Å². The van der Waals surface area contributed by atoms with E-state index >= 15 is 0 Å². The number of hydrogen-bond acceptors (Lipinski definition) is 4. The summed E-state index contributed by atoms with van der Waals surface area (Å²) in [5.74, 6) is -0.427. The summed E-state index contributed by atoms with van der Waals surface area (Å²) in [5.41, 5.74) is 7.28. The SMILES string of the molecule is Cc1ccc(S(=O)(=O)NC(C)C(=O)NNC2=CCCC2)cc1. The van der Waals surface area contributed by atoms with Crippen molar-refractivity contribution in [2.45, 2.75) is 44.0 Å². The van der Waals surface area contributed by atoms with Crippen molar-refractivity contribution in [1.82, 2.24) is 15.6 Å². The van der Waals surface area contributed by atoms with Crippen LogP contribution in [0.4, 0.5) is 0 Å². The van der Waals surface area contributed by atoms with Crippen LogP contribution < -0.4 is 15.6 Å². The zero-order chi connectivity index (χ0) is 16.2. The molecule has 0 spiro atoms. The first-order chi connectivity index (χ1) is 10.4. The van der Waals surface area contributed by atoms with E-state index in [1.807, 2.05) is 13.0 Å². The van der Waals surface area contributed by atoms with Crippen LogP contribution in [0.15, 0.2) is 40.9 Å². The van der Waals surface area contributed by atoms with Gasteiger partial charge in [0.25, 0.3) is 5.91 Å². The molecular formula is C15H21N3O3S. The van der Waals surface area contributed by atoms with Crippen LogP contribution in [0.5, 0.6) is 0 Å². The Morgan fingerprint density at radius 2 is 1.91 bits per heavy atom. The first-order valence-electron chi connectivity index (χ1n) is 7.22. The van der Waals surface area contributed by atoms with Crippen LogP contribution >= 0.6 is 0 Å². The van der Waals surface area contributed by atoms with Crippen molar-refractivity contribution in [1.29, 1.82) is 0 Å². The minimum absolute atomic E-state index is 0.143. The number of nitrogens with one attached hydrogen (secondary N) is 3. The lowest BCUT2D eigenvalue weighted by Gasteiger charge is -2.16. The molecule has 22 heavy (non-hydrogen) atoms. The Hall–Kier alpha value is -1.86. The summed E-state index contributed by atoms with van der Waals surface area (Å²) in [4.78, 5) is 12.1. The largest absolute Gasteiger partial charge is 0.303 e. The third-order valence-corrected chi connectivity index (χ3v) is 5.00. The van der Waals surface area contributed by atoms with Crippen molar-refractivity contribution in [2.24, 2.45) is 0 Å². The topological polar surface area (TPSA) is 87.3 Å². The number of aryl methyl sites for hydroxylation is 1. The van der Waals surface area contributed by atoms with Gasteiger partial charge in [0, 0.05) is 5.70 Å². The molecule has 120 valence electrons. The molecule has 6 nitrogen and oxygen atoms in total. The lowest BCUT2D eigenvalue weighted by Crippen LogP contribution is -2.48. The Labute approximate surface area is 131 Å². The van der Waals surface area contributed by atoms with Gasteiger partial charge in [0.05, 0.1) is 10.9 Å². The Morgan fingerprint density at radius 1 is 1.23 bits per heavy atom. The number of benzene rings is 1. The molecule has 0 heterocycles. The third-order valence-electron chi connectivity index (χ3n) is 3.44. The summed E-state index contributed by atoms with van der Waals surface area (Å²) >= 11 is 0. The maximum absolute atomic E-state index is 12.2. The Kier molecular flexibility index (Phi) is 5.20. The molecule has 1 aromatic carbocycles. The van der Waals surface area contributed by atoms with Crippen LogP contribution in [-0.4, -0.2) is 20.4 Å². The molecule has 1 aromatic rings. The minimum Gasteiger partial charge on any atom is -0.303 e. The number of amides is 1. The first-order valence-corrected chi connectivity index (χ1v) is 8.71. The number of hydrogen-bond donors (Lipinski definition) is 3. The van der Waals surface area contributed by atoms with Crippen LogP contribution in [0, 0.1) is 6.92 Å². The Balaban J connectivity index is 1.93. The van der Waals surface area contributed by atoms with E-state index in [2.05, 4.69) is 15.6 Å². The van der Waals surface area contributed by atoms with Gasteiger partial charge in [0.2, 0.25) is 10.0 Å². The number of carbonyl (C=O) groups is 1. The zero-order valence-corrected chi connectivity index (χ0v) is 13.5. The van der Waals surface area contributed by atoms with Crippen LogP contribution in [0.3, 0.4) is 0 Å². The first kappa shape index (κ1) is 16.5. The maximum atomic E-state index is 12.2. The van der Waals surface area contributed by atoms with E-state index in [1.54, 1.807) is 12.1 Å². The summed E-state index contributed by atoms with van der Waals surface area (Å²) in [5, 5.41) is 0. The molecule has 1 unspecified atom stereocenters. The molecule has 2 rings (SSSR count). The standard InChI is InChI=1S/C15H21N3O3S/c1-11-7-9-14(10-8-11)22(20,21)18-12(2)15(19)17-16-13-5-3-4-6-13/h5,7-10,12,16,18H,3-4,6H2,1-2H3,(H,17,19). The molecule has 0 radical (unpaired) electrons. The monoisotopic (exact) mass is 323 g/mol. The highest BCUT2D eigenvalue weighted by atomic mass is 32.2. The lowest BCUT2D eigenvalue weighted by molar-refractivity contribution is -0.123. The molecule has 1 aliphatic carbocycles. The lowest BCUT2D eigenvalue weighted by atomic mass is 10.2. The molecule has 1 atom stereocenters. The van der Waals surface area contributed by atoms with E-state index < -0.39 is 22.0 Å². The summed E-state index contributed by atoms with van der Waals surface area (Å²) in [6, 6.07) is 5.59. The number of sulfonamides is 1. The molecule has 0 saturated heterocycles. The zero-order valence-electron chi connectivity index (χ0n) is 12.7. The summed E-state index contributed by atoms with van der Waals surface area (Å²) in [6.45, 7) is 3.38. The predicted molar refractivity (Wildman–Crippen MR) is 84.2 cm³/mol. The predicted octanol–water partition coefficient (Wildman–Crippen LogP) is 1.35. The average molecular weight is 323 g/mol. The molecule has 3 N–H and O–H groups in total. The highest BCUT2D eigenvalue weighted by molar-refractivity contribution is 7.89. The van der Waals surface area contributed by atoms with Crippen LogP contribution in [0.25, 0.3) is 0 Å². The fourth-order valence-electron chi connectivity index (χ4n) is 2.11. The van der Waals surface area contributed by atoms with Gasteiger partial charge in [0.1, 0.15) is 0 Å². The van der Waals surface area contributed by atoms with E-state index in [1.165, 1.54) is 19.1 Å². The van der Waals surface area contributed by atoms with Gasteiger partial charge in [-0.15, -0.1) is 0 Å². The second-order valence-electron chi connectivity index (χ2n) is 5.39. The fourth-order valence-corrected chi connectivity index (χ4v) is 3.31. The number of carbonyl (C=O) groups excluding carboxylic acids is 1. The van der Waals surface area contributed by atoms with Crippen molar-refractivity contribution >= 4 is 15.9 Å². The normalized spacial score (nSPS) is 16.0. The number of rotatable bonds is 6.